The summed E-state index contributed by atoms with van der Waals surface area (Å²) in [5.41, 5.74) is 3.20. The Morgan fingerprint density at radius 3 is 2.14 bits per heavy atom. The highest BCUT2D eigenvalue weighted by molar-refractivity contribution is 6.58. The highest BCUT2D eigenvalue weighted by Gasteiger charge is 2.13. The number of hydrogen-bond acceptors (Lipinski definition) is 5. The molecule has 0 atom stereocenters. The minimum absolute atomic E-state index is 0.418. The Bertz CT molecular complexity index is 736. The lowest BCUT2D eigenvalue weighted by molar-refractivity contribution is 0.426. The van der Waals surface area contributed by atoms with Crippen LogP contribution in [-0.2, 0) is 0 Å². The molecule has 0 saturated heterocycles. The van der Waals surface area contributed by atoms with Gasteiger partial charge in [-0.25, -0.2) is 0 Å². The largest absolute Gasteiger partial charge is 0.488 e. The number of aromatic nitrogens is 2. The van der Waals surface area contributed by atoms with Crippen LogP contribution in [0.5, 0.6) is 0 Å². The van der Waals surface area contributed by atoms with Gasteiger partial charge in [0, 0.05) is 11.1 Å². The van der Waals surface area contributed by atoms with E-state index in [2.05, 4.69) is 10.1 Å². The Kier molecular flexibility index (Phi) is 3.56. The first-order chi connectivity index (χ1) is 10.1. The second-order valence-corrected chi connectivity index (χ2v) is 4.78. The highest BCUT2D eigenvalue weighted by Crippen LogP contribution is 2.21. The van der Waals surface area contributed by atoms with Gasteiger partial charge in [-0.2, -0.15) is 4.98 Å². The zero-order valence-electron chi connectivity index (χ0n) is 11.4. The summed E-state index contributed by atoms with van der Waals surface area (Å²) in [5.74, 6) is 0.917. The maximum absolute atomic E-state index is 9.07. The molecule has 1 aromatic heterocycles. The highest BCUT2D eigenvalue weighted by atomic mass is 16.5. The second-order valence-electron chi connectivity index (χ2n) is 4.78. The zero-order valence-corrected chi connectivity index (χ0v) is 11.4. The number of aryl methyl sites for hydroxylation is 1. The summed E-state index contributed by atoms with van der Waals surface area (Å²) in [6.07, 6.45) is 0. The molecule has 0 bridgehead atoms. The van der Waals surface area contributed by atoms with Gasteiger partial charge >= 0.3 is 7.12 Å². The Balaban J connectivity index is 1.89. The van der Waals surface area contributed by atoms with Crippen molar-refractivity contribution >= 4 is 12.6 Å². The van der Waals surface area contributed by atoms with Crippen molar-refractivity contribution in [2.24, 2.45) is 0 Å². The standard InChI is InChI=1S/C15H13BN2O3/c1-10-2-4-12(5-3-10)15-17-14(18-21-15)11-6-8-13(9-7-11)16(19)20/h2-9,19-20H,1H3. The van der Waals surface area contributed by atoms with Crippen molar-refractivity contribution < 1.29 is 14.6 Å². The van der Waals surface area contributed by atoms with Crippen molar-refractivity contribution in [3.8, 4) is 22.8 Å². The van der Waals surface area contributed by atoms with E-state index in [4.69, 9.17) is 14.6 Å². The van der Waals surface area contributed by atoms with Gasteiger partial charge in [0.15, 0.2) is 0 Å². The van der Waals surface area contributed by atoms with E-state index in [9.17, 15) is 0 Å². The summed E-state index contributed by atoms with van der Waals surface area (Å²) < 4.78 is 5.26. The fraction of sp³-hybridized carbons (Fsp3) is 0.0667. The summed E-state index contributed by atoms with van der Waals surface area (Å²) >= 11 is 0. The van der Waals surface area contributed by atoms with E-state index >= 15 is 0 Å². The van der Waals surface area contributed by atoms with Crippen molar-refractivity contribution in [1.29, 1.82) is 0 Å². The van der Waals surface area contributed by atoms with E-state index in [1.807, 2.05) is 31.2 Å². The molecule has 3 rings (SSSR count). The first kappa shape index (κ1) is 13.5. The number of hydrogen-bond donors (Lipinski definition) is 2. The van der Waals surface area contributed by atoms with E-state index < -0.39 is 7.12 Å². The molecule has 2 N–H and O–H groups in total. The molecule has 0 radical (unpaired) electrons. The van der Waals surface area contributed by atoms with Crippen molar-refractivity contribution in [2.45, 2.75) is 6.92 Å². The number of rotatable bonds is 3. The Morgan fingerprint density at radius 2 is 1.52 bits per heavy atom. The van der Waals surface area contributed by atoms with E-state index in [0.29, 0.717) is 17.2 Å². The van der Waals surface area contributed by atoms with Crippen LogP contribution >= 0.6 is 0 Å². The molecule has 0 aliphatic heterocycles. The van der Waals surface area contributed by atoms with Gasteiger partial charge in [0.05, 0.1) is 0 Å². The fourth-order valence-corrected chi connectivity index (χ4v) is 1.96. The molecule has 3 aromatic rings. The predicted octanol–water partition coefficient (Wildman–Crippen LogP) is 1.39. The van der Waals surface area contributed by atoms with Gasteiger partial charge in [-0.05, 0) is 24.5 Å². The van der Waals surface area contributed by atoms with Gasteiger partial charge in [-0.3, -0.25) is 0 Å². The van der Waals surface area contributed by atoms with Crippen molar-refractivity contribution in [3.63, 3.8) is 0 Å². The Hall–Kier alpha value is -2.44. The van der Waals surface area contributed by atoms with Crippen LogP contribution in [0.1, 0.15) is 5.56 Å². The van der Waals surface area contributed by atoms with E-state index in [1.165, 1.54) is 0 Å². The summed E-state index contributed by atoms with van der Waals surface area (Å²) in [7, 11) is -1.48. The van der Waals surface area contributed by atoms with Crippen LogP contribution in [0, 0.1) is 6.92 Å². The smallest absolute Gasteiger partial charge is 0.423 e. The summed E-state index contributed by atoms with van der Waals surface area (Å²) in [4.78, 5) is 4.35. The van der Waals surface area contributed by atoms with Crippen LogP contribution in [0.4, 0.5) is 0 Å². The SMILES string of the molecule is Cc1ccc(-c2nc(-c3ccc(B(O)O)cc3)no2)cc1. The van der Waals surface area contributed by atoms with Gasteiger partial charge < -0.3 is 14.6 Å². The molecule has 0 aliphatic rings. The average Bonchev–Trinajstić information content (AvgIpc) is 2.98. The molecule has 0 amide bonds. The molecule has 21 heavy (non-hydrogen) atoms. The van der Waals surface area contributed by atoms with Gasteiger partial charge in [-0.1, -0.05) is 47.1 Å². The summed E-state index contributed by atoms with van der Waals surface area (Å²) in [6.45, 7) is 2.01. The molecule has 2 aromatic carbocycles. The third kappa shape index (κ3) is 2.86. The van der Waals surface area contributed by atoms with E-state index in [-0.39, 0.29) is 0 Å². The van der Waals surface area contributed by atoms with Gasteiger partial charge in [0.1, 0.15) is 0 Å². The Morgan fingerprint density at radius 1 is 0.905 bits per heavy atom. The Labute approximate surface area is 122 Å². The molecular weight excluding hydrogens is 267 g/mol. The van der Waals surface area contributed by atoms with Crippen LogP contribution in [0.3, 0.4) is 0 Å². The van der Waals surface area contributed by atoms with Crippen LogP contribution in [0.15, 0.2) is 53.1 Å². The van der Waals surface area contributed by atoms with Gasteiger partial charge in [0.25, 0.3) is 5.89 Å². The first-order valence-corrected chi connectivity index (χ1v) is 6.51. The third-order valence-electron chi connectivity index (χ3n) is 3.19. The summed E-state index contributed by atoms with van der Waals surface area (Å²) in [6, 6.07) is 14.5. The van der Waals surface area contributed by atoms with Gasteiger partial charge in [0.2, 0.25) is 5.82 Å². The molecule has 0 aliphatic carbocycles. The minimum atomic E-state index is -1.48. The quantitative estimate of drug-likeness (QED) is 0.709. The van der Waals surface area contributed by atoms with E-state index in [1.54, 1.807) is 24.3 Å². The summed E-state index contributed by atoms with van der Waals surface area (Å²) in [5, 5.41) is 22.1. The third-order valence-corrected chi connectivity index (χ3v) is 3.19. The maximum Gasteiger partial charge on any atom is 0.488 e. The van der Waals surface area contributed by atoms with E-state index in [0.717, 1.165) is 16.7 Å². The molecule has 104 valence electrons. The molecule has 0 spiro atoms. The molecule has 6 heteroatoms. The predicted molar refractivity (Wildman–Crippen MR) is 79.7 cm³/mol. The lowest BCUT2D eigenvalue weighted by Gasteiger charge is -1.99. The van der Waals surface area contributed by atoms with Crippen molar-refractivity contribution in [3.05, 3.63) is 54.1 Å². The van der Waals surface area contributed by atoms with Gasteiger partial charge in [-0.15, -0.1) is 0 Å². The molecule has 0 unspecified atom stereocenters. The monoisotopic (exact) mass is 280 g/mol. The normalized spacial score (nSPS) is 10.6. The lowest BCUT2D eigenvalue weighted by Crippen LogP contribution is -2.29. The van der Waals surface area contributed by atoms with Crippen LogP contribution in [0.2, 0.25) is 0 Å². The lowest BCUT2D eigenvalue weighted by atomic mass is 9.80. The minimum Gasteiger partial charge on any atom is -0.423 e. The molecule has 0 fully saturated rings. The molecule has 5 nitrogen and oxygen atoms in total. The van der Waals surface area contributed by atoms with Crippen LogP contribution in [-0.4, -0.2) is 27.3 Å². The fourth-order valence-electron chi connectivity index (χ4n) is 1.96. The average molecular weight is 280 g/mol. The molecule has 1 heterocycles. The van der Waals surface area contributed by atoms with Crippen molar-refractivity contribution in [1.82, 2.24) is 10.1 Å². The molecular formula is C15H13BN2O3. The maximum atomic E-state index is 9.07. The van der Waals surface area contributed by atoms with Crippen molar-refractivity contribution in [2.75, 3.05) is 0 Å². The first-order valence-electron chi connectivity index (χ1n) is 6.51. The zero-order chi connectivity index (χ0) is 14.8. The topological polar surface area (TPSA) is 79.4 Å². The molecule has 0 saturated carbocycles. The number of benzene rings is 2. The van der Waals surface area contributed by atoms with Crippen LogP contribution in [0.25, 0.3) is 22.8 Å². The number of nitrogens with zero attached hydrogens (tertiary/aromatic N) is 2. The second kappa shape index (κ2) is 5.51. The van der Waals surface area contributed by atoms with Crippen LogP contribution < -0.4 is 5.46 Å².